The van der Waals surface area contributed by atoms with E-state index in [4.69, 9.17) is 0 Å². The number of carbonyl (C=O) groups is 1. The van der Waals surface area contributed by atoms with Crippen molar-refractivity contribution in [3.05, 3.63) is 58.7 Å². The lowest BCUT2D eigenvalue weighted by molar-refractivity contribution is -0.117. The van der Waals surface area contributed by atoms with Crippen molar-refractivity contribution in [2.24, 2.45) is 0 Å². The summed E-state index contributed by atoms with van der Waals surface area (Å²) in [6.07, 6.45) is 0.853. The molecular weight excluding hydrogens is 398 g/mol. The van der Waals surface area contributed by atoms with Gasteiger partial charge in [-0.3, -0.25) is 9.69 Å². The first-order chi connectivity index (χ1) is 14.2. The number of hydrogen-bond donors (Lipinski definition) is 1. The van der Waals surface area contributed by atoms with E-state index in [1.807, 2.05) is 49.9 Å². The average molecular weight is 430 g/mol. The maximum atomic E-state index is 13.0. The molecule has 1 saturated heterocycles. The minimum Gasteiger partial charge on any atom is -0.324 e. The third kappa shape index (κ3) is 4.91. The lowest BCUT2D eigenvalue weighted by Gasteiger charge is -2.33. The standard InChI is InChI=1S/C23H31N3O3S/c1-5-20-8-6-7-18(3)23(20)24-22(27)16-25-11-13-26(14-12-25)30(28,29)21-10-9-17(2)19(4)15-21/h6-10,15H,5,11-14,16H2,1-4H3,(H,24,27). The van der Waals surface area contributed by atoms with Gasteiger partial charge >= 0.3 is 0 Å². The summed E-state index contributed by atoms with van der Waals surface area (Å²) in [6, 6.07) is 11.3. The molecule has 1 N–H and O–H groups in total. The number of amides is 1. The van der Waals surface area contributed by atoms with Crippen molar-refractivity contribution in [1.82, 2.24) is 9.21 Å². The van der Waals surface area contributed by atoms with Gasteiger partial charge in [-0.25, -0.2) is 8.42 Å². The van der Waals surface area contributed by atoms with Crippen molar-refractivity contribution < 1.29 is 13.2 Å². The number of aryl methyl sites for hydroxylation is 4. The predicted octanol–water partition coefficient (Wildman–Crippen LogP) is 3.12. The molecule has 0 aromatic heterocycles. The van der Waals surface area contributed by atoms with Crippen LogP contribution < -0.4 is 5.32 Å². The van der Waals surface area contributed by atoms with Crippen LogP contribution >= 0.6 is 0 Å². The molecule has 7 heteroatoms. The summed E-state index contributed by atoms with van der Waals surface area (Å²) < 4.78 is 27.4. The number of nitrogens with zero attached hydrogens (tertiary/aromatic N) is 2. The summed E-state index contributed by atoms with van der Waals surface area (Å²) in [5, 5.41) is 3.04. The van der Waals surface area contributed by atoms with E-state index >= 15 is 0 Å². The van der Waals surface area contributed by atoms with Crippen LogP contribution in [0.1, 0.15) is 29.2 Å². The maximum absolute atomic E-state index is 13.0. The molecule has 0 radical (unpaired) electrons. The molecule has 1 heterocycles. The van der Waals surface area contributed by atoms with Crippen molar-refractivity contribution in [2.75, 3.05) is 38.0 Å². The van der Waals surface area contributed by atoms with Gasteiger partial charge in [0.2, 0.25) is 15.9 Å². The molecule has 162 valence electrons. The third-order valence-corrected chi connectivity index (χ3v) is 7.71. The molecule has 1 amide bonds. The molecule has 1 aliphatic rings. The summed E-state index contributed by atoms with van der Waals surface area (Å²) in [6.45, 7) is 10.0. The molecule has 3 rings (SSSR count). The highest BCUT2D eigenvalue weighted by Gasteiger charge is 2.29. The minimum atomic E-state index is -3.51. The third-order valence-electron chi connectivity index (χ3n) is 5.82. The van der Waals surface area contributed by atoms with Crippen LogP contribution in [0.2, 0.25) is 0 Å². The van der Waals surface area contributed by atoms with E-state index in [0.29, 0.717) is 31.1 Å². The first-order valence-electron chi connectivity index (χ1n) is 10.4. The van der Waals surface area contributed by atoms with Crippen molar-refractivity contribution in [1.29, 1.82) is 0 Å². The SMILES string of the molecule is CCc1cccc(C)c1NC(=O)CN1CCN(S(=O)(=O)c2ccc(C)c(C)c2)CC1. The number of rotatable bonds is 6. The van der Waals surface area contributed by atoms with Gasteiger partial charge in [-0.15, -0.1) is 0 Å². The number of anilines is 1. The van der Waals surface area contributed by atoms with E-state index in [-0.39, 0.29) is 12.5 Å². The van der Waals surface area contributed by atoms with E-state index in [9.17, 15) is 13.2 Å². The Morgan fingerprint density at radius 3 is 2.30 bits per heavy atom. The maximum Gasteiger partial charge on any atom is 0.243 e. The first-order valence-corrected chi connectivity index (χ1v) is 11.8. The molecule has 0 atom stereocenters. The second-order valence-corrected chi connectivity index (χ2v) is 9.87. The summed E-state index contributed by atoms with van der Waals surface area (Å²) >= 11 is 0. The van der Waals surface area contributed by atoms with Crippen LogP contribution in [-0.4, -0.2) is 56.3 Å². The Morgan fingerprint density at radius 2 is 1.67 bits per heavy atom. The number of hydrogen-bond acceptors (Lipinski definition) is 4. The monoisotopic (exact) mass is 429 g/mol. The van der Waals surface area contributed by atoms with Crippen LogP contribution in [0.15, 0.2) is 41.3 Å². The molecule has 30 heavy (non-hydrogen) atoms. The number of nitrogens with one attached hydrogen (secondary N) is 1. The van der Waals surface area contributed by atoms with Crippen LogP contribution in [0.25, 0.3) is 0 Å². The number of benzene rings is 2. The van der Waals surface area contributed by atoms with E-state index in [1.54, 1.807) is 12.1 Å². The normalized spacial score (nSPS) is 15.9. The van der Waals surface area contributed by atoms with Gasteiger partial charge < -0.3 is 5.32 Å². The Balaban J connectivity index is 1.59. The molecule has 1 aliphatic heterocycles. The van der Waals surface area contributed by atoms with Crippen LogP contribution in [0.4, 0.5) is 5.69 Å². The fourth-order valence-corrected chi connectivity index (χ4v) is 5.24. The number of para-hydroxylation sites is 1. The Bertz CT molecular complexity index is 1030. The lowest BCUT2D eigenvalue weighted by atomic mass is 10.1. The van der Waals surface area contributed by atoms with E-state index in [0.717, 1.165) is 34.4 Å². The zero-order valence-corrected chi connectivity index (χ0v) is 19.1. The van der Waals surface area contributed by atoms with Crippen molar-refractivity contribution in [3.8, 4) is 0 Å². The number of carbonyl (C=O) groups excluding carboxylic acids is 1. The smallest absolute Gasteiger partial charge is 0.243 e. The molecule has 0 bridgehead atoms. The van der Waals surface area contributed by atoms with Gasteiger partial charge in [0.15, 0.2) is 0 Å². The fourth-order valence-electron chi connectivity index (χ4n) is 3.74. The molecule has 0 spiro atoms. The van der Waals surface area contributed by atoms with Gasteiger partial charge in [0, 0.05) is 31.9 Å². The topological polar surface area (TPSA) is 69.7 Å². The van der Waals surface area contributed by atoms with E-state index in [1.165, 1.54) is 4.31 Å². The predicted molar refractivity (Wildman–Crippen MR) is 120 cm³/mol. The highest BCUT2D eigenvalue weighted by atomic mass is 32.2. The van der Waals surface area contributed by atoms with E-state index < -0.39 is 10.0 Å². The zero-order valence-electron chi connectivity index (χ0n) is 18.2. The summed E-state index contributed by atoms with van der Waals surface area (Å²) in [4.78, 5) is 14.9. The van der Waals surface area contributed by atoms with Crippen molar-refractivity contribution >= 4 is 21.6 Å². The molecular formula is C23H31N3O3S. The van der Waals surface area contributed by atoms with Crippen LogP contribution in [0, 0.1) is 20.8 Å². The quantitative estimate of drug-likeness (QED) is 0.766. The van der Waals surface area contributed by atoms with Crippen molar-refractivity contribution in [3.63, 3.8) is 0 Å². The molecule has 0 saturated carbocycles. The molecule has 2 aromatic rings. The van der Waals surface area contributed by atoms with Gasteiger partial charge in [0.05, 0.1) is 11.4 Å². The van der Waals surface area contributed by atoms with Crippen LogP contribution in [-0.2, 0) is 21.2 Å². The molecule has 6 nitrogen and oxygen atoms in total. The number of piperazine rings is 1. The van der Waals surface area contributed by atoms with Crippen LogP contribution in [0.5, 0.6) is 0 Å². The summed E-state index contributed by atoms with van der Waals surface area (Å²) in [5.41, 5.74) is 5.10. The Morgan fingerprint density at radius 1 is 0.967 bits per heavy atom. The Kier molecular flexibility index (Phi) is 6.95. The van der Waals surface area contributed by atoms with Gasteiger partial charge in [0.1, 0.15) is 0 Å². The average Bonchev–Trinajstić information content (AvgIpc) is 2.71. The zero-order chi connectivity index (χ0) is 21.9. The minimum absolute atomic E-state index is 0.0653. The molecule has 2 aromatic carbocycles. The number of sulfonamides is 1. The van der Waals surface area contributed by atoms with Crippen LogP contribution in [0.3, 0.4) is 0 Å². The lowest BCUT2D eigenvalue weighted by Crippen LogP contribution is -2.50. The van der Waals surface area contributed by atoms with Gasteiger partial charge in [-0.2, -0.15) is 4.31 Å². The second kappa shape index (κ2) is 9.29. The molecule has 0 aliphatic carbocycles. The largest absolute Gasteiger partial charge is 0.324 e. The van der Waals surface area contributed by atoms with Gasteiger partial charge in [-0.05, 0) is 61.6 Å². The van der Waals surface area contributed by atoms with E-state index in [2.05, 4.69) is 12.2 Å². The highest BCUT2D eigenvalue weighted by molar-refractivity contribution is 7.89. The second-order valence-electron chi connectivity index (χ2n) is 7.94. The van der Waals surface area contributed by atoms with Gasteiger partial charge in [-0.1, -0.05) is 31.2 Å². The summed E-state index contributed by atoms with van der Waals surface area (Å²) in [5.74, 6) is -0.0653. The fraction of sp³-hybridized carbons (Fsp3) is 0.435. The first kappa shape index (κ1) is 22.5. The molecule has 0 unspecified atom stereocenters. The Labute approximate surface area is 179 Å². The Hall–Kier alpha value is -2.22. The highest BCUT2D eigenvalue weighted by Crippen LogP contribution is 2.22. The molecule has 1 fully saturated rings. The van der Waals surface area contributed by atoms with Gasteiger partial charge in [0.25, 0.3) is 0 Å². The summed E-state index contributed by atoms with van der Waals surface area (Å²) in [7, 11) is -3.51. The van der Waals surface area contributed by atoms with Crippen molar-refractivity contribution in [2.45, 2.75) is 39.0 Å².